The van der Waals surface area contributed by atoms with Crippen molar-refractivity contribution in [3.8, 4) is 0 Å². The molecule has 0 saturated carbocycles. The highest BCUT2D eigenvalue weighted by atomic mass is 16.2. The molecule has 1 atom stereocenters. The molecule has 1 N–H and O–H groups in total. The first-order valence-electron chi connectivity index (χ1n) is 8.50. The number of carbonyl (C=O) groups excluding carboxylic acids is 2. The molecule has 0 spiro atoms. The first-order chi connectivity index (χ1) is 11.1. The van der Waals surface area contributed by atoms with Crippen molar-refractivity contribution in [3.05, 3.63) is 35.4 Å². The first-order valence-corrected chi connectivity index (χ1v) is 8.50. The van der Waals surface area contributed by atoms with Crippen LogP contribution >= 0.6 is 0 Å². The molecule has 2 aliphatic heterocycles. The fourth-order valence-electron chi connectivity index (χ4n) is 3.31. The molecule has 0 aliphatic carbocycles. The van der Waals surface area contributed by atoms with Gasteiger partial charge in [-0.1, -0.05) is 17.7 Å². The van der Waals surface area contributed by atoms with Crippen LogP contribution < -0.4 is 5.32 Å². The third kappa shape index (κ3) is 3.91. The average Bonchev–Trinajstić information content (AvgIpc) is 3.08. The van der Waals surface area contributed by atoms with E-state index in [2.05, 4.69) is 5.32 Å². The van der Waals surface area contributed by atoms with Gasteiger partial charge in [-0.2, -0.15) is 0 Å². The lowest BCUT2D eigenvalue weighted by Crippen LogP contribution is -2.51. The Balaban J connectivity index is 1.50. The highest BCUT2D eigenvalue weighted by Crippen LogP contribution is 2.14. The van der Waals surface area contributed by atoms with Crippen molar-refractivity contribution in [2.45, 2.75) is 32.2 Å². The second kappa shape index (κ2) is 7.13. The smallest absolute Gasteiger partial charge is 0.253 e. The number of hydrogen-bond acceptors (Lipinski definition) is 3. The molecular formula is C18H25N3O2. The second-order valence-corrected chi connectivity index (χ2v) is 6.54. The van der Waals surface area contributed by atoms with Crippen molar-refractivity contribution in [1.82, 2.24) is 15.1 Å². The lowest BCUT2D eigenvalue weighted by atomic mass is 10.1. The summed E-state index contributed by atoms with van der Waals surface area (Å²) in [5.74, 6) is 0.279. The maximum Gasteiger partial charge on any atom is 0.253 e. The summed E-state index contributed by atoms with van der Waals surface area (Å²) in [7, 11) is 0. The number of piperazine rings is 1. The molecule has 3 rings (SSSR count). The summed E-state index contributed by atoms with van der Waals surface area (Å²) in [6.07, 6.45) is 2.85. The largest absolute Gasteiger partial charge is 0.339 e. The summed E-state index contributed by atoms with van der Waals surface area (Å²) < 4.78 is 0. The van der Waals surface area contributed by atoms with Crippen molar-refractivity contribution in [1.29, 1.82) is 0 Å². The van der Waals surface area contributed by atoms with Gasteiger partial charge in [0.15, 0.2) is 0 Å². The van der Waals surface area contributed by atoms with Crippen LogP contribution in [0.25, 0.3) is 0 Å². The van der Waals surface area contributed by atoms with Gasteiger partial charge >= 0.3 is 0 Å². The first kappa shape index (κ1) is 16.0. The van der Waals surface area contributed by atoms with E-state index in [1.807, 2.05) is 41.0 Å². The number of nitrogens with one attached hydrogen (secondary N) is 1. The second-order valence-electron chi connectivity index (χ2n) is 6.54. The molecule has 1 aromatic carbocycles. The van der Waals surface area contributed by atoms with Crippen LogP contribution in [0.1, 0.15) is 35.2 Å². The molecular weight excluding hydrogens is 290 g/mol. The number of hydrogen-bond donors (Lipinski definition) is 1. The average molecular weight is 315 g/mol. The quantitative estimate of drug-likeness (QED) is 0.918. The Morgan fingerprint density at radius 2 is 1.74 bits per heavy atom. The van der Waals surface area contributed by atoms with Gasteiger partial charge in [-0.05, 0) is 38.4 Å². The highest BCUT2D eigenvalue weighted by Gasteiger charge is 2.27. The molecule has 5 nitrogen and oxygen atoms in total. The molecule has 1 aromatic rings. The normalized spacial score (nSPS) is 21.5. The van der Waals surface area contributed by atoms with Crippen LogP contribution in [0.3, 0.4) is 0 Å². The molecule has 0 aromatic heterocycles. The van der Waals surface area contributed by atoms with Gasteiger partial charge in [-0.15, -0.1) is 0 Å². The highest BCUT2D eigenvalue weighted by molar-refractivity contribution is 5.94. The minimum Gasteiger partial charge on any atom is -0.339 e. The number of carbonyl (C=O) groups is 2. The summed E-state index contributed by atoms with van der Waals surface area (Å²) in [6, 6.07) is 8.01. The molecule has 124 valence electrons. The molecule has 2 amide bonds. The number of nitrogens with zero attached hydrogens (tertiary/aromatic N) is 2. The Bertz CT molecular complexity index is 556. The topological polar surface area (TPSA) is 52.7 Å². The van der Waals surface area contributed by atoms with Gasteiger partial charge in [-0.25, -0.2) is 0 Å². The standard InChI is InChI=1S/C18H25N3O2/c1-14-4-6-15(7-5-14)18(23)21-11-9-20(10-12-21)17(22)13-16-3-2-8-19-16/h4-7,16,19H,2-3,8-13H2,1H3. The molecule has 2 saturated heterocycles. The van der Waals surface area contributed by atoms with Crippen LogP contribution in [0, 0.1) is 6.92 Å². The van der Waals surface area contributed by atoms with E-state index in [9.17, 15) is 9.59 Å². The molecule has 1 unspecified atom stereocenters. The van der Waals surface area contributed by atoms with Crippen molar-refractivity contribution in [3.63, 3.8) is 0 Å². The third-order valence-electron chi connectivity index (χ3n) is 4.80. The van der Waals surface area contributed by atoms with Crippen LogP contribution in [0.5, 0.6) is 0 Å². The molecule has 2 fully saturated rings. The fourth-order valence-corrected chi connectivity index (χ4v) is 3.31. The van der Waals surface area contributed by atoms with E-state index < -0.39 is 0 Å². The summed E-state index contributed by atoms with van der Waals surface area (Å²) >= 11 is 0. The van der Waals surface area contributed by atoms with Gasteiger partial charge < -0.3 is 15.1 Å². The van der Waals surface area contributed by atoms with Gasteiger partial charge in [0.05, 0.1) is 0 Å². The Morgan fingerprint density at radius 1 is 1.09 bits per heavy atom. The van der Waals surface area contributed by atoms with Crippen LogP contribution in [0.4, 0.5) is 0 Å². The van der Waals surface area contributed by atoms with Crippen LogP contribution in [-0.2, 0) is 4.79 Å². The zero-order chi connectivity index (χ0) is 16.2. The SMILES string of the molecule is Cc1ccc(C(=O)N2CCN(C(=O)CC3CCCN3)CC2)cc1. The van der Waals surface area contributed by atoms with Gasteiger partial charge in [0, 0.05) is 44.2 Å². The number of amides is 2. The zero-order valence-electron chi connectivity index (χ0n) is 13.8. The lowest BCUT2D eigenvalue weighted by Gasteiger charge is -2.35. The summed E-state index contributed by atoms with van der Waals surface area (Å²) in [4.78, 5) is 28.6. The van der Waals surface area contributed by atoms with Crippen LogP contribution in [0.15, 0.2) is 24.3 Å². The summed E-state index contributed by atoms with van der Waals surface area (Å²) in [5, 5.41) is 3.37. The van der Waals surface area contributed by atoms with Crippen molar-refractivity contribution in [2.24, 2.45) is 0 Å². The van der Waals surface area contributed by atoms with Crippen LogP contribution in [0.2, 0.25) is 0 Å². The van der Waals surface area contributed by atoms with E-state index in [-0.39, 0.29) is 11.8 Å². The van der Waals surface area contributed by atoms with Crippen molar-refractivity contribution < 1.29 is 9.59 Å². The van der Waals surface area contributed by atoms with E-state index >= 15 is 0 Å². The molecule has 0 bridgehead atoms. The van der Waals surface area contributed by atoms with Crippen LogP contribution in [-0.4, -0.2) is 60.4 Å². The predicted molar refractivity (Wildman–Crippen MR) is 89.3 cm³/mol. The lowest BCUT2D eigenvalue weighted by molar-refractivity contribution is -0.133. The monoisotopic (exact) mass is 315 g/mol. The number of rotatable bonds is 3. The Hall–Kier alpha value is -1.88. The van der Waals surface area contributed by atoms with E-state index in [1.54, 1.807) is 0 Å². The summed E-state index contributed by atoms with van der Waals surface area (Å²) in [5.41, 5.74) is 1.88. The van der Waals surface area contributed by atoms with Crippen molar-refractivity contribution >= 4 is 11.8 Å². The van der Waals surface area contributed by atoms with Gasteiger partial charge in [0.25, 0.3) is 5.91 Å². The minimum absolute atomic E-state index is 0.0644. The maximum atomic E-state index is 12.5. The number of aryl methyl sites for hydroxylation is 1. The number of benzene rings is 1. The summed E-state index contributed by atoms with van der Waals surface area (Å²) in [6.45, 7) is 5.56. The van der Waals surface area contributed by atoms with Gasteiger partial charge in [0.2, 0.25) is 5.91 Å². The third-order valence-corrected chi connectivity index (χ3v) is 4.80. The Kier molecular flexibility index (Phi) is 4.96. The molecule has 2 heterocycles. The minimum atomic E-state index is 0.0644. The maximum absolute atomic E-state index is 12.5. The van der Waals surface area contributed by atoms with E-state index in [1.165, 1.54) is 0 Å². The zero-order valence-corrected chi connectivity index (χ0v) is 13.8. The molecule has 2 aliphatic rings. The Labute approximate surface area is 137 Å². The van der Waals surface area contributed by atoms with E-state index in [0.29, 0.717) is 38.6 Å². The van der Waals surface area contributed by atoms with E-state index in [4.69, 9.17) is 0 Å². The Morgan fingerprint density at radius 3 is 2.35 bits per heavy atom. The van der Waals surface area contributed by atoms with Gasteiger partial charge in [-0.3, -0.25) is 9.59 Å². The van der Waals surface area contributed by atoms with E-state index in [0.717, 1.165) is 30.5 Å². The molecule has 23 heavy (non-hydrogen) atoms. The van der Waals surface area contributed by atoms with Gasteiger partial charge in [0.1, 0.15) is 0 Å². The predicted octanol–water partition coefficient (Wildman–Crippen LogP) is 1.42. The molecule has 5 heteroatoms. The molecule has 0 radical (unpaired) electrons. The fraction of sp³-hybridized carbons (Fsp3) is 0.556. The van der Waals surface area contributed by atoms with Crippen molar-refractivity contribution in [2.75, 3.05) is 32.7 Å².